The van der Waals surface area contributed by atoms with E-state index in [1.807, 2.05) is 30.3 Å². The summed E-state index contributed by atoms with van der Waals surface area (Å²) in [4.78, 5) is 17.4. The van der Waals surface area contributed by atoms with Gasteiger partial charge in [-0.1, -0.05) is 49.2 Å². The molecule has 2 N–H and O–H groups in total. The summed E-state index contributed by atoms with van der Waals surface area (Å²) in [5, 5.41) is 6.26. The standard InChI is InChI=1S/C26H23Cl2N3O3S/c1-4-14(2)15-8-9-22-21(11-15)30-25(34-22)16-6-5-7-18(10-16)29-26(35)31-24(32)19-12-17(27)13-20(28)23(19)33-3/h5-14H,4H2,1-3H3,(H2,29,31,32,35)/t14-/m0/s1. The topological polar surface area (TPSA) is 76.4 Å². The molecule has 1 aromatic heterocycles. The molecule has 4 rings (SSSR count). The van der Waals surface area contributed by atoms with Crippen molar-refractivity contribution in [2.45, 2.75) is 26.2 Å². The minimum absolute atomic E-state index is 0.0982. The second kappa shape index (κ2) is 10.6. The van der Waals surface area contributed by atoms with Crippen LogP contribution in [0.25, 0.3) is 22.6 Å². The zero-order valence-corrected chi connectivity index (χ0v) is 21.6. The third-order valence-electron chi connectivity index (χ3n) is 5.64. The second-order valence-electron chi connectivity index (χ2n) is 8.01. The summed E-state index contributed by atoms with van der Waals surface area (Å²) in [6, 6.07) is 16.5. The Morgan fingerprint density at radius 2 is 1.97 bits per heavy atom. The normalized spacial score (nSPS) is 11.8. The summed E-state index contributed by atoms with van der Waals surface area (Å²) >= 11 is 17.5. The van der Waals surface area contributed by atoms with E-state index < -0.39 is 5.91 Å². The van der Waals surface area contributed by atoms with E-state index in [-0.39, 0.29) is 21.4 Å². The number of halogens is 2. The molecule has 6 nitrogen and oxygen atoms in total. The number of hydrogen-bond donors (Lipinski definition) is 2. The van der Waals surface area contributed by atoms with Gasteiger partial charge >= 0.3 is 0 Å². The number of benzene rings is 3. The van der Waals surface area contributed by atoms with Gasteiger partial charge in [0.15, 0.2) is 10.7 Å². The molecule has 0 fully saturated rings. The predicted octanol–water partition coefficient (Wildman–Crippen LogP) is 7.45. The van der Waals surface area contributed by atoms with Crippen LogP contribution < -0.4 is 15.4 Å². The van der Waals surface area contributed by atoms with Gasteiger partial charge in [0.1, 0.15) is 11.3 Å². The van der Waals surface area contributed by atoms with E-state index in [9.17, 15) is 4.79 Å². The molecule has 1 amide bonds. The van der Waals surface area contributed by atoms with Gasteiger partial charge in [0.2, 0.25) is 5.89 Å². The van der Waals surface area contributed by atoms with Gasteiger partial charge in [-0.15, -0.1) is 0 Å². The zero-order chi connectivity index (χ0) is 25.1. The Bertz CT molecular complexity index is 1420. The highest BCUT2D eigenvalue weighted by Crippen LogP contribution is 2.32. The van der Waals surface area contributed by atoms with Crippen molar-refractivity contribution in [1.29, 1.82) is 0 Å². The van der Waals surface area contributed by atoms with Crippen LogP contribution in [0.4, 0.5) is 5.69 Å². The van der Waals surface area contributed by atoms with Crippen LogP contribution in [-0.2, 0) is 0 Å². The lowest BCUT2D eigenvalue weighted by molar-refractivity contribution is 0.0974. The van der Waals surface area contributed by atoms with E-state index in [0.717, 1.165) is 23.1 Å². The van der Waals surface area contributed by atoms with Gasteiger partial charge in [0, 0.05) is 16.3 Å². The molecule has 1 heterocycles. The molecule has 9 heteroatoms. The van der Waals surface area contributed by atoms with Crippen molar-refractivity contribution in [3.63, 3.8) is 0 Å². The Labute approximate surface area is 218 Å². The lowest BCUT2D eigenvalue weighted by atomic mass is 9.98. The van der Waals surface area contributed by atoms with Gasteiger partial charge in [-0.05, 0) is 72.6 Å². The smallest absolute Gasteiger partial charge is 0.261 e. The minimum Gasteiger partial charge on any atom is -0.494 e. The number of carbonyl (C=O) groups is 1. The number of nitrogens with one attached hydrogen (secondary N) is 2. The summed E-state index contributed by atoms with van der Waals surface area (Å²) in [5.41, 5.74) is 4.37. The molecule has 0 saturated carbocycles. The second-order valence-corrected chi connectivity index (χ2v) is 9.26. The van der Waals surface area contributed by atoms with Crippen LogP contribution in [0.5, 0.6) is 5.75 Å². The van der Waals surface area contributed by atoms with Crippen molar-refractivity contribution in [2.24, 2.45) is 0 Å². The SMILES string of the molecule is CC[C@H](C)c1ccc2oc(-c3cccc(NC(=S)NC(=O)c4cc(Cl)cc(Cl)c4OC)c3)nc2c1. The molecule has 180 valence electrons. The number of ether oxygens (including phenoxy) is 1. The maximum absolute atomic E-state index is 12.8. The van der Waals surface area contributed by atoms with Gasteiger partial charge < -0.3 is 14.5 Å². The van der Waals surface area contributed by atoms with E-state index in [1.165, 1.54) is 24.8 Å². The first kappa shape index (κ1) is 25.0. The molecule has 0 aliphatic rings. The van der Waals surface area contributed by atoms with Crippen LogP contribution in [0.3, 0.4) is 0 Å². The van der Waals surface area contributed by atoms with Crippen LogP contribution >= 0.6 is 35.4 Å². The maximum atomic E-state index is 12.8. The summed E-state index contributed by atoms with van der Waals surface area (Å²) in [7, 11) is 1.42. The fraction of sp³-hybridized carbons (Fsp3) is 0.192. The molecule has 0 aliphatic carbocycles. The average Bonchev–Trinajstić information content (AvgIpc) is 3.26. The molecule has 0 saturated heterocycles. The number of fused-ring (bicyclic) bond motifs is 1. The molecule has 0 spiro atoms. The maximum Gasteiger partial charge on any atom is 0.261 e. The molecular formula is C26H23Cl2N3O3S. The first-order chi connectivity index (χ1) is 16.8. The zero-order valence-electron chi connectivity index (χ0n) is 19.3. The molecule has 0 aliphatic heterocycles. The number of thiocarbonyl (C=S) groups is 1. The van der Waals surface area contributed by atoms with Gasteiger partial charge in [-0.25, -0.2) is 4.98 Å². The van der Waals surface area contributed by atoms with E-state index in [4.69, 9.17) is 44.6 Å². The van der Waals surface area contributed by atoms with Crippen LogP contribution in [0, 0.1) is 0 Å². The van der Waals surface area contributed by atoms with Crippen LogP contribution in [0.1, 0.15) is 42.1 Å². The van der Waals surface area contributed by atoms with Crippen molar-refractivity contribution in [3.8, 4) is 17.2 Å². The van der Waals surface area contributed by atoms with Crippen molar-refractivity contribution < 1.29 is 13.9 Å². The molecule has 3 aromatic carbocycles. The van der Waals surface area contributed by atoms with Crippen molar-refractivity contribution in [2.75, 3.05) is 12.4 Å². The number of hydrogen-bond acceptors (Lipinski definition) is 5. The van der Waals surface area contributed by atoms with Gasteiger partial charge in [0.05, 0.1) is 17.7 Å². The number of amides is 1. The molecule has 35 heavy (non-hydrogen) atoms. The number of carbonyl (C=O) groups excluding carboxylic acids is 1. The lowest BCUT2D eigenvalue weighted by Gasteiger charge is -2.13. The van der Waals surface area contributed by atoms with E-state index in [1.54, 1.807) is 0 Å². The predicted molar refractivity (Wildman–Crippen MR) is 145 cm³/mol. The Morgan fingerprint density at radius 1 is 1.17 bits per heavy atom. The number of methoxy groups -OCH3 is 1. The highest BCUT2D eigenvalue weighted by molar-refractivity contribution is 7.80. The Morgan fingerprint density at radius 3 is 2.71 bits per heavy atom. The van der Waals surface area contributed by atoms with Crippen LogP contribution in [0.15, 0.2) is 59.0 Å². The number of aromatic nitrogens is 1. The van der Waals surface area contributed by atoms with Gasteiger partial charge in [-0.2, -0.15) is 0 Å². The van der Waals surface area contributed by atoms with E-state index in [2.05, 4.69) is 41.6 Å². The molecule has 0 radical (unpaired) electrons. The largest absolute Gasteiger partial charge is 0.494 e. The van der Waals surface area contributed by atoms with Crippen molar-refractivity contribution >= 4 is 63.2 Å². The summed E-state index contributed by atoms with van der Waals surface area (Å²) < 4.78 is 11.2. The lowest BCUT2D eigenvalue weighted by Crippen LogP contribution is -2.34. The van der Waals surface area contributed by atoms with Gasteiger partial charge in [0.25, 0.3) is 5.91 Å². The number of oxazole rings is 1. The fourth-order valence-electron chi connectivity index (χ4n) is 3.61. The summed E-state index contributed by atoms with van der Waals surface area (Å²) in [5.74, 6) is 0.659. The molecular weight excluding hydrogens is 505 g/mol. The Kier molecular flexibility index (Phi) is 7.60. The minimum atomic E-state index is -0.504. The first-order valence-corrected chi connectivity index (χ1v) is 12.1. The monoisotopic (exact) mass is 527 g/mol. The van der Waals surface area contributed by atoms with E-state index >= 15 is 0 Å². The van der Waals surface area contributed by atoms with Gasteiger partial charge in [-0.3, -0.25) is 10.1 Å². The quantitative estimate of drug-likeness (QED) is 0.253. The third kappa shape index (κ3) is 5.59. The molecule has 4 aromatic rings. The third-order valence-corrected chi connectivity index (χ3v) is 6.35. The number of nitrogens with zero attached hydrogens (tertiary/aromatic N) is 1. The van der Waals surface area contributed by atoms with E-state index in [0.29, 0.717) is 22.5 Å². The van der Waals surface area contributed by atoms with Crippen molar-refractivity contribution in [1.82, 2.24) is 10.3 Å². The first-order valence-electron chi connectivity index (χ1n) is 10.9. The summed E-state index contributed by atoms with van der Waals surface area (Å²) in [6.07, 6.45) is 1.05. The van der Waals surface area contributed by atoms with Crippen LogP contribution in [0.2, 0.25) is 10.0 Å². The highest BCUT2D eigenvalue weighted by Gasteiger charge is 2.18. The van der Waals surface area contributed by atoms with Crippen molar-refractivity contribution in [3.05, 3.63) is 75.8 Å². The Balaban J connectivity index is 1.51. The average molecular weight is 528 g/mol. The number of rotatable bonds is 6. The fourth-order valence-corrected chi connectivity index (χ4v) is 4.39. The molecule has 0 bridgehead atoms. The molecule has 1 atom stereocenters. The highest BCUT2D eigenvalue weighted by atomic mass is 35.5. The molecule has 0 unspecified atom stereocenters. The summed E-state index contributed by atoms with van der Waals surface area (Å²) in [6.45, 7) is 4.35. The van der Waals surface area contributed by atoms with Crippen LogP contribution in [-0.4, -0.2) is 23.1 Å². The Hall–Kier alpha value is -3.13. The number of anilines is 1.